The maximum absolute atomic E-state index is 11.4. The number of aliphatic hydroxyl groups is 3. The first kappa shape index (κ1) is 32.9. The Bertz CT molecular complexity index is 403. The molecule has 11 heteroatoms. The van der Waals surface area contributed by atoms with Gasteiger partial charge in [-0.25, -0.2) is 0 Å². The van der Waals surface area contributed by atoms with Crippen molar-refractivity contribution < 1.29 is 34.5 Å². The molecule has 0 aromatic rings. The van der Waals surface area contributed by atoms with Gasteiger partial charge in [0.05, 0.1) is 19.0 Å². The zero-order chi connectivity index (χ0) is 22.4. The molecule has 0 saturated carbocycles. The first-order valence-corrected chi connectivity index (χ1v) is 9.00. The highest BCUT2D eigenvalue weighted by Gasteiger charge is 2.23. The number of rotatable bonds is 7. The highest BCUT2D eigenvalue weighted by Crippen LogP contribution is 1.89. The number of nitrogens with one attached hydrogen (secondary N) is 3. The molecule has 3 amide bonds. The van der Waals surface area contributed by atoms with Crippen LogP contribution < -0.4 is 16.0 Å². The maximum atomic E-state index is 11.4. The van der Waals surface area contributed by atoms with Gasteiger partial charge in [-0.15, -0.1) is 0 Å². The minimum absolute atomic E-state index is 0.0432. The van der Waals surface area contributed by atoms with E-state index in [9.17, 15) is 19.2 Å². The van der Waals surface area contributed by atoms with E-state index in [-0.39, 0.29) is 18.3 Å². The van der Waals surface area contributed by atoms with Crippen molar-refractivity contribution in [2.75, 3.05) is 32.6 Å². The van der Waals surface area contributed by atoms with Gasteiger partial charge in [0.25, 0.3) is 0 Å². The molecule has 27 heavy (non-hydrogen) atoms. The number of thiol groups is 1. The van der Waals surface area contributed by atoms with Crippen LogP contribution in [0.4, 0.5) is 0 Å². The van der Waals surface area contributed by atoms with Gasteiger partial charge in [-0.2, -0.15) is 12.6 Å². The Hall–Kier alpha value is -1.69. The molecule has 0 radical (unpaired) electrons. The van der Waals surface area contributed by atoms with Crippen LogP contribution in [0.1, 0.15) is 34.6 Å². The van der Waals surface area contributed by atoms with Gasteiger partial charge in [-0.1, -0.05) is 13.8 Å². The Labute approximate surface area is 166 Å². The summed E-state index contributed by atoms with van der Waals surface area (Å²) in [6.07, 6.45) is 0. The molecule has 0 bridgehead atoms. The Kier molecular flexibility index (Phi) is 29.7. The lowest BCUT2D eigenvalue weighted by atomic mass is 10.2. The van der Waals surface area contributed by atoms with E-state index < -0.39 is 42.9 Å². The van der Waals surface area contributed by atoms with Crippen LogP contribution in [0.25, 0.3) is 0 Å². The summed E-state index contributed by atoms with van der Waals surface area (Å²) in [4.78, 5) is 43.0. The number of ketones is 1. The predicted molar refractivity (Wildman–Crippen MR) is 106 cm³/mol. The lowest BCUT2D eigenvalue weighted by Crippen LogP contribution is -2.53. The number of amides is 3. The standard InChI is InChI=1S/C9H16N2O5.C3H7NOS.C2H6O.C2H6/c1-5(14)7(3-12)11-9(16)8(4-13)10-6(2)15;1-4-3(5)2-6;1-2-3;1-2/h7-8,12-13H,3-4H2,1-2H3,(H,10,15)(H,11,16);6H,2H2,1H3,(H,4,5);3H,2H2,1H3;1-2H3. The van der Waals surface area contributed by atoms with Gasteiger partial charge >= 0.3 is 0 Å². The molecule has 0 spiro atoms. The highest BCUT2D eigenvalue weighted by molar-refractivity contribution is 7.81. The molecule has 6 N–H and O–H groups in total. The molecule has 0 heterocycles. The van der Waals surface area contributed by atoms with Crippen molar-refractivity contribution in [3.05, 3.63) is 0 Å². The fourth-order valence-corrected chi connectivity index (χ4v) is 1.22. The van der Waals surface area contributed by atoms with Crippen molar-refractivity contribution in [3.8, 4) is 0 Å². The lowest BCUT2D eigenvalue weighted by molar-refractivity contribution is -0.132. The van der Waals surface area contributed by atoms with Crippen LogP contribution in [0, 0.1) is 0 Å². The second kappa shape index (κ2) is 24.3. The molecular formula is C16H35N3O7S. The largest absolute Gasteiger partial charge is 0.397 e. The highest BCUT2D eigenvalue weighted by atomic mass is 32.1. The number of hydrogen-bond donors (Lipinski definition) is 7. The molecule has 0 saturated heterocycles. The third-order valence-corrected chi connectivity index (χ3v) is 2.58. The van der Waals surface area contributed by atoms with Crippen LogP contribution in [0.3, 0.4) is 0 Å². The van der Waals surface area contributed by atoms with E-state index in [1.54, 1.807) is 14.0 Å². The number of hydrogen-bond acceptors (Lipinski definition) is 8. The summed E-state index contributed by atoms with van der Waals surface area (Å²) >= 11 is 3.68. The van der Waals surface area contributed by atoms with Crippen molar-refractivity contribution in [1.82, 2.24) is 16.0 Å². The minimum atomic E-state index is -1.12. The zero-order valence-corrected chi connectivity index (χ0v) is 17.8. The molecule has 2 unspecified atom stereocenters. The summed E-state index contributed by atoms with van der Waals surface area (Å²) in [6.45, 7) is 7.23. The quantitative estimate of drug-likeness (QED) is 0.243. The average molecular weight is 414 g/mol. The Morgan fingerprint density at radius 2 is 1.33 bits per heavy atom. The van der Waals surface area contributed by atoms with Crippen molar-refractivity contribution >= 4 is 36.1 Å². The zero-order valence-electron chi connectivity index (χ0n) is 16.9. The van der Waals surface area contributed by atoms with Crippen LogP contribution in [-0.2, 0) is 19.2 Å². The molecule has 0 aromatic heterocycles. The SMILES string of the molecule is CC.CC(=O)NC(CO)C(=O)NC(CO)C(C)=O.CCO.CNC(=O)CS. The smallest absolute Gasteiger partial charge is 0.245 e. The minimum Gasteiger partial charge on any atom is -0.397 e. The molecule has 10 nitrogen and oxygen atoms in total. The summed E-state index contributed by atoms with van der Waals surface area (Å²) in [5.41, 5.74) is 0. The van der Waals surface area contributed by atoms with Crippen molar-refractivity contribution in [2.45, 2.75) is 46.7 Å². The lowest BCUT2D eigenvalue weighted by Gasteiger charge is -2.18. The van der Waals surface area contributed by atoms with Gasteiger partial charge in [-0.05, 0) is 13.8 Å². The maximum Gasteiger partial charge on any atom is 0.245 e. The van der Waals surface area contributed by atoms with Gasteiger partial charge in [0.1, 0.15) is 12.1 Å². The number of carbonyl (C=O) groups excluding carboxylic acids is 4. The van der Waals surface area contributed by atoms with Crippen LogP contribution in [0.5, 0.6) is 0 Å². The summed E-state index contributed by atoms with van der Waals surface area (Å²) in [6, 6.07) is -2.14. The van der Waals surface area contributed by atoms with Gasteiger partial charge < -0.3 is 31.3 Å². The fraction of sp³-hybridized carbons (Fsp3) is 0.750. The molecular weight excluding hydrogens is 378 g/mol. The Morgan fingerprint density at radius 1 is 0.926 bits per heavy atom. The number of carbonyl (C=O) groups is 4. The van der Waals surface area contributed by atoms with Gasteiger partial charge in [0, 0.05) is 20.6 Å². The number of Topliss-reactive ketones (excluding diaryl/α,β-unsaturated/α-hetero) is 1. The van der Waals surface area contributed by atoms with E-state index in [1.165, 1.54) is 13.8 Å². The van der Waals surface area contributed by atoms with Crippen molar-refractivity contribution in [2.24, 2.45) is 0 Å². The van der Waals surface area contributed by atoms with E-state index in [4.69, 9.17) is 15.3 Å². The second-order valence-electron chi connectivity index (χ2n) is 4.44. The van der Waals surface area contributed by atoms with Crippen LogP contribution in [0.15, 0.2) is 0 Å². The van der Waals surface area contributed by atoms with E-state index >= 15 is 0 Å². The first-order chi connectivity index (χ1) is 12.6. The molecule has 0 rings (SSSR count). The topological polar surface area (TPSA) is 165 Å². The second-order valence-corrected chi connectivity index (χ2v) is 4.75. The summed E-state index contributed by atoms with van der Waals surface area (Å²) < 4.78 is 0. The summed E-state index contributed by atoms with van der Waals surface area (Å²) in [7, 11) is 1.58. The molecule has 0 aromatic carbocycles. The first-order valence-electron chi connectivity index (χ1n) is 8.36. The molecule has 0 aliphatic heterocycles. The van der Waals surface area contributed by atoms with E-state index in [0.717, 1.165) is 0 Å². The predicted octanol–water partition coefficient (Wildman–Crippen LogP) is -1.76. The third-order valence-electron chi connectivity index (χ3n) is 2.29. The molecule has 0 aliphatic carbocycles. The molecule has 2 atom stereocenters. The molecule has 162 valence electrons. The van der Waals surface area contributed by atoms with E-state index in [0.29, 0.717) is 0 Å². The monoisotopic (exact) mass is 413 g/mol. The van der Waals surface area contributed by atoms with Gasteiger partial charge in [0.15, 0.2) is 5.78 Å². The van der Waals surface area contributed by atoms with E-state index in [2.05, 4.69) is 28.6 Å². The Balaban J connectivity index is -0.000000198. The van der Waals surface area contributed by atoms with E-state index in [1.807, 2.05) is 13.8 Å². The van der Waals surface area contributed by atoms with Crippen LogP contribution in [-0.4, -0.2) is 83.5 Å². The third kappa shape index (κ3) is 24.3. The van der Waals surface area contributed by atoms with Crippen molar-refractivity contribution in [1.29, 1.82) is 0 Å². The van der Waals surface area contributed by atoms with Gasteiger partial charge in [-0.3, -0.25) is 19.2 Å². The van der Waals surface area contributed by atoms with Crippen molar-refractivity contribution in [3.63, 3.8) is 0 Å². The van der Waals surface area contributed by atoms with Gasteiger partial charge in [0.2, 0.25) is 17.7 Å². The number of aliphatic hydroxyl groups excluding tert-OH is 3. The Morgan fingerprint density at radius 3 is 1.52 bits per heavy atom. The van der Waals surface area contributed by atoms with Crippen LogP contribution in [0.2, 0.25) is 0 Å². The summed E-state index contributed by atoms with van der Waals surface area (Å²) in [5.74, 6) is -1.37. The molecule has 0 aliphatic rings. The normalized spacial score (nSPS) is 10.7. The molecule has 0 fully saturated rings. The average Bonchev–Trinajstić information content (AvgIpc) is 2.65. The summed E-state index contributed by atoms with van der Waals surface area (Å²) in [5, 5.41) is 32.0. The fourth-order valence-electron chi connectivity index (χ4n) is 1.07. The van der Waals surface area contributed by atoms with Crippen LogP contribution >= 0.6 is 12.6 Å².